The Balaban J connectivity index is 1.27. The van der Waals surface area contributed by atoms with Gasteiger partial charge in [-0.2, -0.15) is 0 Å². The average molecular weight is 444 g/mol. The molecule has 1 aromatic heterocycles. The Bertz CT molecular complexity index is 1290. The van der Waals surface area contributed by atoms with Crippen LogP contribution in [0.5, 0.6) is 0 Å². The third-order valence-corrected chi connectivity index (χ3v) is 6.31. The van der Waals surface area contributed by atoms with Crippen LogP contribution in [0.2, 0.25) is 0 Å². The second-order valence-electron chi connectivity index (χ2n) is 7.75. The van der Waals surface area contributed by atoms with Crippen LogP contribution in [0.4, 0.5) is 11.4 Å². The molecule has 0 N–H and O–H groups in total. The highest BCUT2D eigenvalue weighted by molar-refractivity contribution is 7.80. The molecule has 2 heterocycles. The molecular weight excluding hydrogens is 422 g/mol. The van der Waals surface area contributed by atoms with Gasteiger partial charge in [-0.25, -0.2) is 0 Å². The Labute approximate surface area is 190 Å². The summed E-state index contributed by atoms with van der Waals surface area (Å²) in [7, 11) is 0. The highest BCUT2D eigenvalue weighted by Crippen LogP contribution is 2.29. The molecule has 160 valence electrons. The molecule has 0 unspecified atom stereocenters. The first kappa shape index (κ1) is 20.2. The first-order valence-corrected chi connectivity index (χ1v) is 10.9. The summed E-state index contributed by atoms with van der Waals surface area (Å²) in [6.45, 7) is 3.39. The third-order valence-electron chi connectivity index (χ3n) is 5.85. The minimum atomic E-state index is -0.412. The van der Waals surface area contributed by atoms with Gasteiger partial charge in [-0.15, -0.1) is 0 Å². The minimum Gasteiger partial charge on any atom is -0.454 e. The van der Waals surface area contributed by atoms with E-state index in [-0.39, 0.29) is 5.69 Å². The Morgan fingerprint density at radius 1 is 0.875 bits per heavy atom. The summed E-state index contributed by atoms with van der Waals surface area (Å²) in [5, 5.41) is 13.4. The van der Waals surface area contributed by atoms with E-state index in [1.807, 2.05) is 12.1 Å². The van der Waals surface area contributed by atoms with E-state index in [2.05, 4.69) is 52.3 Å². The van der Waals surface area contributed by atoms with Crippen molar-refractivity contribution in [3.05, 3.63) is 94.7 Å². The fourth-order valence-electron chi connectivity index (χ4n) is 4.15. The number of rotatable bonds is 4. The lowest BCUT2D eigenvalue weighted by Crippen LogP contribution is -2.48. The van der Waals surface area contributed by atoms with E-state index < -0.39 is 4.92 Å². The molecular formula is C25H21N3O3S. The van der Waals surface area contributed by atoms with Gasteiger partial charge in [0.25, 0.3) is 5.69 Å². The maximum Gasteiger partial charge on any atom is 0.269 e. The van der Waals surface area contributed by atoms with Gasteiger partial charge in [0, 0.05) is 54.9 Å². The lowest BCUT2D eigenvalue weighted by molar-refractivity contribution is -0.384. The Kier molecular flexibility index (Phi) is 5.33. The third kappa shape index (κ3) is 3.83. The Morgan fingerprint density at radius 2 is 1.59 bits per heavy atom. The van der Waals surface area contributed by atoms with Gasteiger partial charge >= 0.3 is 0 Å². The Hall–Kier alpha value is -3.71. The molecule has 3 aromatic carbocycles. The molecule has 0 bridgehead atoms. The van der Waals surface area contributed by atoms with E-state index in [1.165, 1.54) is 28.6 Å². The monoisotopic (exact) mass is 443 g/mol. The van der Waals surface area contributed by atoms with Crippen LogP contribution in [0.3, 0.4) is 0 Å². The van der Waals surface area contributed by atoms with Crippen LogP contribution >= 0.6 is 12.2 Å². The molecule has 1 saturated heterocycles. The van der Waals surface area contributed by atoms with Crippen LogP contribution in [0.25, 0.3) is 22.1 Å². The number of nitrogens with zero attached hydrogens (tertiary/aromatic N) is 3. The highest BCUT2D eigenvalue weighted by Gasteiger charge is 2.23. The Morgan fingerprint density at radius 3 is 2.34 bits per heavy atom. The average Bonchev–Trinajstić information content (AvgIpc) is 3.34. The molecule has 4 aromatic rings. The van der Waals surface area contributed by atoms with Gasteiger partial charge in [-0.05, 0) is 35.7 Å². The van der Waals surface area contributed by atoms with Crippen LogP contribution in [-0.4, -0.2) is 41.0 Å². The summed E-state index contributed by atoms with van der Waals surface area (Å²) in [6.07, 6.45) is 0. The molecule has 0 amide bonds. The maximum atomic E-state index is 10.9. The van der Waals surface area contributed by atoms with E-state index in [4.69, 9.17) is 16.6 Å². The SMILES string of the molecule is O=[N+]([O-])c1ccc(-c2ccc(C(=S)N3CCN(c4cccc5ccccc45)CC3)o2)cc1. The summed E-state index contributed by atoms with van der Waals surface area (Å²) in [5.41, 5.74) is 2.10. The molecule has 0 spiro atoms. The number of thiocarbonyl (C=S) groups is 1. The predicted molar refractivity (Wildman–Crippen MR) is 130 cm³/mol. The number of benzene rings is 3. The standard InChI is InChI=1S/C25H21N3O3S/c29-28(30)20-10-8-19(9-11-20)23-12-13-24(31-23)25(32)27-16-14-26(15-17-27)22-7-3-5-18-4-1-2-6-21(18)22/h1-13H,14-17H2. The number of hydrogen-bond donors (Lipinski definition) is 0. The number of furan rings is 1. The normalized spacial score (nSPS) is 14.0. The summed E-state index contributed by atoms with van der Waals surface area (Å²) < 4.78 is 5.99. The lowest BCUT2D eigenvalue weighted by atomic mass is 10.1. The van der Waals surface area contributed by atoms with Crippen molar-refractivity contribution in [2.45, 2.75) is 0 Å². The summed E-state index contributed by atoms with van der Waals surface area (Å²) in [4.78, 5) is 15.7. The van der Waals surface area contributed by atoms with Crippen molar-refractivity contribution in [2.75, 3.05) is 31.1 Å². The van der Waals surface area contributed by atoms with Gasteiger partial charge in [0.2, 0.25) is 0 Å². The van der Waals surface area contributed by atoms with E-state index in [9.17, 15) is 10.1 Å². The van der Waals surface area contributed by atoms with Gasteiger partial charge in [-0.1, -0.05) is 48.6 Å². The number of piperazine rings is 1. The number of nitro groups is 1. The molecule has 0 radical (unpaired) electrons. The quantitative estimate of drug-likeness (QED) is 0.236. The van der Waals surface area contributed by atoms with Crippen molar-refractivity contribution >= 4 is 39.4 Å². The van der Waals surface area contributed by atoms with Crippen molar-refractivity contribution in [3.8, 4) is 11.3 Å². The zero-order valence-electron chi connectivity index (χ0n) is 17.3. The number of anilines is 1. The molecule has 5 rings (SSSR count). The van der Waals surface area contributed by atoms with E-state index in [0.717, 1.165) is 31.7 Å². The van der Waals surface area contributed by atoms with Crippen molar-refractivity contribution in [1.82, 2.24) is 4.90 Å². The number of hydrogen-bond acceptors (Lipinski definition) is 5. The van der Waals surface area contributed by atoms with Crippen molar-refractivity contribution < 1.29 is 9.34 Å². The zero-order valence-corrected chi connectivity index (χ0v) is 18.1. The molecule has 7 heteroatoms. The van der Waals surface area contributed by atoms with E-state index in [0.29, 0.717) is 16.5 Å². The van der Waals surface area contributed by atoms with Crippen LogP contribution < -0.4 is 4.90 Å². The first-order valence-electron chi connectivity index (χ1n) is 10.5. The van der Waals surface area contributed by atoms with Crippen molar-refractivity contribution in [3.63, 3.8) is 0 Å². The summed E-state index contributed by atoms with van der Waals surface area (Å²) in [5.74, 6) is 1.29. The van der Waals surface area contributed by atoms with E-state index in [1.54, 1.807) is 12.1 Å². The van der Waals surface area contributed by atoms with Crippen molar-refractivity contribution in [2.24, 2.45) is 0 Å². The molecule has 1 fully saturated rings. The second kappa shape index (κ2) is 8.43. The number of fused-ring (bicyclic) bond motifs is 1. The van der Waals surface area contributed by atoms with Crippen LogP contribution in [0.1, 0.15) is 5.76 Å². The van der Waals surface area contributed by atoms with Gasteiger partial charge < -0.3 is 14.2 Å². The highest BCUT2D eigenvalue weighted by atomic mass is 32.1. The molecule has 32 heavy (non-hydrogen) atoms. The molecule has 1 aliphatic rings. The predicted octanol–water partition coefficient (Wildman–Crippen LogP) is 5.51. The topological polar surface area (TPSA) is 62.8 Å². The van der Waals surface area contributed by atoms with Gasteiger partial charge in [0.15, 0.2) is 5.76 Å². The molecule has 0 saturated carbocycles. The largest absolute Gasteiger partial charge is 0.454 e. The summed E-state index contributed by atoms with van der Waals surface area (Å²) >= 11 is 5.72. The minimum absolute atomic E-state index is 0.0557. The van der Waals surface area contributed by atoms with Gasteiger partial charge in [0.05, 0.1) is 4.92 Å². The summed E-state index contributed by atoms with van der Waals surface area (Å²) in [6, 6.07) is 24.9. The van der Waals surface area contributed by atoms with Crippen LogP contribution in [0, 0.1) is 10.1 Å². The number of nitro benzene ring substituents is 1. The fraction of sp³-hybridized carbons (Fsp3) is 0.160. The lowest BCUT2D eigenvalue weighted by Gasteiger charge is -2.37. The smallest absolute Gasteiger partial charge is 0.269 e. The van der Waals surface area contributed by atoms with Gasteiger partial charge in [-0.3, -0.25) is 10.1 Å². The van der Waals surface area contributed by atoms with Crippen LogP contribution in [0.15, 0.2) is 83.3 Å². The number of non-ortho nitro benzene ring substituents is 1. The fourth-order valence-corrected chi connectivity index (χ4v) is 4.44. The second-order valence-corrected chi connectivity index (χ2v) is 8.13. The zero-order chi connectivity index (χ0) is 22.1. The molecule has 1 aliphatic heterocycles. The maximum absolute atomic E-state index is 10.9. The van der Waals surface area contributed by atoms with E-state index >= 15 is 0 Å². The molecule has 0 aliphatic carbocycles. The first-order chi connectivity index (χ1) is 15.6. The van der Waals surface area contributed by atoms with Crippen molar-refractivity contribution in [1.29, 1.82) is 0 Å². The van der Waals surface area contributed by atoms with Gasteiger partial charge in [0.1, 0.15) is 10.7 Å². The van der Waals surface area contributed by atoms with Crippen LogP contribution in [-0.2, 0) is 0 Å². The molecule has 6 nitrogen and oxygen atoms in total. The molecule has 0 atom stereocenters.